The molecule has 6 heteroatoms. The molecule has 6 nitrogen and oxygen atoms in total. The number of rotatable bonds is 5. The first-order valence-corrected chi connectivity index (χ1v) is 4.51. The second-order valence-electron chi connectivity index (χ2n) is 2.97. The molecule has 0 unspecified atom stereocenters. The lowest BCUT2D eigenvalue weighted by Crippen LogP contribution is -2.33. The second kappa shape index (κ2) is 5.16. The van der Waals surface area contributed by atoms with E-state index in [-0.39, 0.29) is 24.9 Å². The third kappa shape index (κ3) is 2.81. The van der Waals surface area contributed by atoms with Crippen molar-refractivity contribution in [2.45, 2.75) is 0 Å². The maximum atomic E-state index is 11.8. The first-order valence-electron chi connectivity index (χ1n) is 4.51. The van der Waals surface area contributed by atoms with E-state index in [0.717, 1.165) is 0 Å². The van der Waals surface area contributed by atoms with E-state index in [0.29, 0.717) is 12.2 Å². The minimum Gasteiger partial charge on any atom is -0.395 e. The van der Waals surface area contributed by atoms with Gasteiger partial charge in [0.2, 0.25) is 0 Å². The minimum absolute atomic E-state index is 0.0940. The number of carbonyl (C=O) groups is 1. The number of hydrogen-bond acceptors (Lipinski definition) is 4. The summed E-state index contributed by atoms with van der Waals surface area (Å²) in [4.78, 5) is 13.2. The lowest BCUT2D eigenvalue weighted by Gasteiger charge is -2.18. The summed E-state index contributed by atoms with van der Waals surface area (Å²) in [5.41, 5.74) is 5.69. The average Bonchev–Trinajstić information content (AvgIpc) is 2.63. The van der Waals surface area contributed by atoms with E-state index in [2.05, 4.69) is 16.8 Å². The Morgan fingerprint density at radius 2 is 2.53 bits per heavy atom. The number of anilines is 1. The number of H-pyrrole nitrogens is 1. The van der Waals surface area contributed by atoms with Crippen LogP contribution in [-0.2, 0) is 0 Å². The molecule has 1 amide bonds. The minimum atomic E-state index is -0.256. The molecule has 0 saturated carbocycles. The van der Waals surface area contributed by atoms with Gasteiger partial charge in [0.15, 0.2) is 0 Å². The number of hydrogen-bond donors (Lipinski definition) is 3. The summed E-state index contributed by atoms with van der Waals surface area (Å²) in [7, 11) is 0. The number of carbonyl (C=O) groups excluding carboxylic acids is 1. The van der Waals surface area contributed by atoms with Gasteiger partial charge >= 0.3 is 0 Å². The fourth-order valence-corrected chi connectivity index (χ4v) is 1.17. The van der Waals surface area contributed by atoms with Gasteiger partial charge in [-0.1, -0.05) is 6.08 Å². The predicted molar refractivity (Wildman–Crippen MR) is 56.2 cm³/mol. The molecule has 1 rings (SSSR count). The third-order valence-corrected chi connectivity index (χ3v) is 1.83. The highest BCUT2D eigenvalue weighted by Gasteiger charge is 2.15. The van der Waals surface area contributed by atoms with E-state index in [1.165, 1.54) is 11.0 Å². The van der Waals surface area contributed by atoms with Crippen molar-refractivity contribution in [2.75, 3.05) is 25.4 Å². The van der Waals surface area contributed by atoms with Gasteiger partial charge in [-0.3, -0.25) is 9.89 Å². The fraction of sp³-hybridized carbons (Fsp3) is 0.333. The van der Waals surface area contributed by atoms with Crippen molar-refractivity contribution in [1.82, 2.24) is 15.1 Å². The molecule has 82 valence electrons. The summed E-state index contributed by atoms with van der Waals surface area (Å²) in [5.74, 6) is 0.00838. The highest BCUT2D eigenvalue weighted by atomic mass is 16.3. The van der Waals surface area contributed by atoms with Gasteiger partial charge < -0.3 is 15.7 Å². The molecule has 0 fully saturated rings. The first-order chi connectivity index (χ1) is 7.19. The normalized spacial score (nSPS) is 9.93. The summed E-state index contributed by atoms with van der Waals surface area (Å²) < 4.78 is 0. The maximum absolute atomic E-state index is 11.8. The number of nitrogens with zero attached hydrogens (tertiary/aromatic N) is 2. The van der Waals surface area contributed by atoms with Crippen molar-refractivity contribution in [2.24, 2.45) is 0 Å². The Kier molecular flexibility index (Phi) is 3.87. The topological polar surface area (TPSA) is 95.2 Å². The first kappa shape index (κ1) is 11.3. The number of aliphatic hydroxyl groups excluding tert-OH is 1. The van der Waals surface area contributed by atoms with Crippen LogP contribution in [0.1, 0.15) is 10.5 Å². The van der Waals surface area contributed by atoms with Gasteiger partial charge in [-0.15, -0.1) is 6.58 Å². The SMILES string of the molecule is C=CCN(CCO)C(=O)c1cc(N)n[nH]1. The van der Waals surface area contributed by atoms with E-state index < -0.39 is 0 Å². The lowest BCUT2D eigenvalue weighted by molar-refractivity contribution is 0.0737. The van der Waals surface area contributed by atoms with Gasteiger partial charge in [0, 0.05) is 19.2 Å². The van der Waals surface area contributed by atoms with E-state index in [1.54, 1.807) is 6.08 Å². The third-order valence-electron chi connectivity index (χ3n) is 1.83. The molecular formula is C9H14N4O2. The van der Waals surface area contributed by atoms with Crippen LogP contribution in [0.4, 0.5) is 5.82 Å². The number of aliphatic hydroxyl groups is 1. The Balaban J connectivity index is 2.75. The zero-order valence-electron chi connectivity index (χ0n) is 8.31. The molecule has 0 saturated heterocycles. The molecule has 0 aromatic carbocycles. The van der Waals surface area contributed by atoms with Crippen LogP contribution in [-0.4, -0.2) is 45.8 Å². The summed E-state index contributed by atoms with van der Waals surface area (Å²) in [5, 5.41) is 15.0. The number of nitrogens with one attached hydrogen (secondary N) is 1. The molecule has 0 radical (unpaired) electrons. The average molecular weight is 210 g/mol. The molecule has 1 aromatic heterocycles. The molecule has 0 aliphatic rings. The number of nitrogen functional groups attached to an aromatic ring is 1. The van der Waals surface area contributed by atoms with Crippen molar-refractivity contribution in [1.29, 1.82) is 0 Å². The number of amides is 1. The molecule has 0 bridgehead atoms. The van der Waals surface area contributed by atoms with Crippen LogP contribution in [0.3, 0.4) is 0 Å². The van der Waals surface area contributed by atoms with Gasteiger partial charge in [-0.05, 0) is 0 Å². The van der Waals surface area contributed by atoms with Crippen LogP contribution in [0.25, 0.3) is 0 Å². The highest BCUT2D eigenvalue weighted by molar-refractivity contribution is 5.93. The largest absolute Gasteiger partial charge is 0.395 e. The smallest absolute Gasteiger partial charge is 0.272 e. The van der Waals surface area contributed by atoms with E-state index in [9.17, 15) is 4.79 Å². The Bertz CT molecular complexity index is 348. The molecule has 0 atom stereocenters. The summed E-state index contributed by atoms with van der Waals surface area (Å²) in [6.45, 7) is 4.07. The van der Waals surface area contributed by atoms with Crippen LogP contribution < -0.4 is 5.73 Å². The van der Waals surface area contributed by atoms with Crippen molar-refractivity contribution >= 4 is 11.7 Å². The molecule has 15 heavy (non-hydrogen) atoms. The molecule has 1 aromatic rings. The summed E-state index contributed by atoms with van der Waals surface area (Å²) in [6, 6.07) is 1.45. The number of nitrogens with two attached hydrogens (primary N) is 1. The number of aromatic nitrogens is 2. The zero-order chi connectivity index (χ0) is 11.3. The van der Waals surface area contributed by atoms with Crippen LogP contribution in [0.2, 0.25) is 0 Å². The monoisotopic (exact) mass is 210 g/mol. The second-order valence-corrected chi connectivity index (χ2v) is 2.97. The molecule has 0 spiro atoms. The van der Waals surface area contributed by atoms with Crippen molar-refractivity contribution < 1.29 is 9.90 Å². The van der Waals surface area contributed by atoms with Gasteiger partial charge in [0.25, 0.3) is 5.91 Å². The molecule has 4 N–H and O–H groups in total. The van der Waals surface area contributed by atoms with Crippen molar-refractivity contribution in [3.8, 4) is 0 Å². The van der Waals surface area contributed by atoms with Crippen LogP contribution in [0.5, 0.6) is 0 Å². The Labute approximate surface area is 87.4 Å². The lowest BCUT2D eigenvalue weighted by atomic mass is 10.3. The van der Waals surface area contributed by atoms with Gasteiger partial charge in [-0.25, -0.2) is 0 Å². The molecule has 1 heterocycles. The Morgan fingerprint density at radius 3 is 3.00 bits per heavy atom. The molecule has 0 aliphatic heterocycles. The van der Waals surface area contributed by atoms with Crippen LogP contribution in [0.15, 0.2) is 18.7 Å². The van der Waals surface area contributed by atoms with Gasteiger partial charge in [-0.2, -0.15) is 5.10 Å². The summed E-state index contributed by atoms with van der Waals surface area (Å²) in [6.07, 6.45) is 1.59. The van der Waals surface area contributed by atoms with Crippen LogP contribution >= 0.6 is 0 Å². The van der Waals surface area contributed by atoms with Crippen molar-refractivity contribution in [3.63, 3.8) is 0 Å². The zero-order valence-corrected chi connectivity index (χ0v) is 8.31. The van der Waals surface area contributed by atoms with Gasteiger partial charge in [0.05, 0.1) is 6.61 Å². The number of aromatic amines is 1. The van der Waals surface area contributed by atoms with E-state index in [1.807, 2.05) is 0 Å². The quantitative estimate of drug-likeness (QED) is 0.577. The fourth-order valence-electron chi connectivity index (χ4n) is 1.17. The molecular weight excluding hydrogens is 196 g/mol. The van der Waals surface area contributed by atoms with E-state index >= 15 is 0 Å². The van der Waals surface area contributed by atoms with Crippen molar-refractivity contribution in [3.05, 3.63) is 24.4 Å². The van der Waals surface area contributed by atoms with Gasteiger partial charge in [0.1, 0.15) is 11.5 Å². The summed E-state index contributed by atoms with van der Waals surface area (Å²) >= 11 is 0. The van der Waals surface area contributed by atoms with E-state index in [4.69, 9.17) is 10.8 Å². The maximum Gasteiger partial charge on any atom is 0.272 e. The predicted octanol–water partition coefficient (Wildman–Crippen LogP) is -0.388. The Hall–Kier alpha value is -1.82. The van der Waals surface area contributed by atoms with Crippen LogP contribution in [0, 0.1) is 0 Å². The molecule has 0 aliphatic carbocycles. The Morgan fingerprint density at radius 1 is 1.80 bits per heavy atom. The standard InChI is InChI=1S/C9H14N4O2/c1-2-3-13(4-5-14)9(15)7-6-8(10)12-11-7/h2,6,14H,1,3-5H2,(H3,10,11,12). The highest BCUT2D eigenvalue weighted by Crippen LogP contribution is 2.04.